The van der Waals surface area contributed by atoms with Crippen molar-refractivity contribution in [1.82, 2.24) is 20.5 Å². The highest BCUT2D eigenvalue weighted by Crippen LogP contribution is 2.28. The Bertz CT molecular complexity index is 656. The van der Waals surface area contributed by atoms with Crippen molar-refractivity contribution >= 4 is 17.7 Å². The lowest BCUT2D eigenvalue weighted by Crippen LogP contribution is -2.40. The molecule has 1 aliphatic heterocycles. The van der Waals surface area contributed by atoms with Gasteiger partial charge in [-0.1, -0.05) is 25.7 Å². The molecular weight excluding hydrogens is 344 g/mol. The lowest BCUT2D eigenvalue weighted by Gasteiger charge is -2.27. The van der Waals surface area contributed by atoms with Crippen LogP contribution >= 0.6 is 0 Å². The lowest BCUT2D eigenvalue weighted by molar-refractivity contribution is -0.130. The number of carbonyl (C=O) groups is 3. The molecule has 1 saturated carbocycles. The highest BCUT2D eigenvalue weighted by molar-refractivity contribution is 5.93. The van der Waals surface area contributed by atoms with Crippen LogP contribution in [0.5, 0.6) is 0 Å². The number of likely N-dealkylation sites (tertiary alicyclic amines) is 1. The van der Waals surface area contributed by atoms with Crippen LogP contribution in [0.15, 0.2) is 24.5 Å². The van der Waals surface area contributed by atoms with Gasteiger partial charge in [-0.3, -0.25) is 19.4 Å². The van der Waals surface area contributed by atoms with Gasteiger partial charge in [0.15, 0.2) is 0 Å². The van der Waals surface area contributed by atoms with E-state index in [1.807, 2.05) is 4.90 Å². The van der Waals surface area contributed by atoms with Crippen LogP contribution in [-0.4, -0.2) is 53.3 Å². The highest BCUT2D eigenvalue weighted by Gasteiger charge is 2.37. The quantitative estimate of drug-likeness (QED) is 0.585. The molecule has 3 rings (SSSR count). The standard InChI is InChI=1S/C20H28N4O3/c25-18-12-16(14-24(18)17-7-3-1-2-4-8-17)20(27)23-11-10-22-19(26)15-6-5-9-21-13-15/h5-6,9,13,16-17H,1-4,7-8,10-12,14H2,(H,22,26)(H,23,27). The molecule has 1 aromatic heterocycles. The molecule has 1 atom stereocenters. The molecule has 0 spiro atoms. The van der Waals surface area contributed by atoms with Crippen LogP contribution in [0.2, 0.25) is 0 Å². The van der Waals surface area contributed by atoms with Crippen molar-refractivity contribution < 1.29 is 14.4 Å². The third-order valence-corrected chi connectivity index (χ3v) is 5.43. The van der Waals surface area contributed by atoms with Crippen LogP contribution in [0.1, 0.15) is 55.3 Å². The van der Waals surface area contributed by atoms with Gasteiger partial charge in [-0.2, -0.15) is 0 Å². The minimum atomic E-state index is -0.283. The molecule has 1 unspecified atom stereocenters. The molecule has 7 nitrogen and oxygen atoms in total. The van der Waals surface area contributed by atoms with Crippen molar-refractivity contribution in [3.8, 4) is 0 Å². The molecule has 0 radical (unpaired) electrons. The molecule has 146 valence electrons. The van der Waals surface area contributed by atoms with Gasteiger partial charge in [0.25, 0.3) is 5.91 Å². The summed E-state index contributed by atoms with van der Waals surface area (Å²) in [6.45, 7) is 1.21. The number of pyridine rings is 1. The first-order valence-electron chi connectivity index (χ1n) is 9.90. The second-order valence-electron chi connectivity index (χ2n) is 7.38. The van der Waals surface area contributed by atoms with E-state index in [1.54, 1.807) is 18.3 Å². The fraction of sp³-hybridized carbons (Fsp3) is 0.600. The van der Waals surface area contributed by atoms with Crippen LogP contribution in [0, 0.1) is 5.92 Å². The summed E-state index contributed by atoms with van der Waals surface area (Å²) in [6, 6.07) is 3.69. The molecular formula is C20H28N4O3. The Morgan fingerprint density at radius 1 is 1.11 bits per heavy atom. The maximum Gasteiger partial charge on any atom is 0.252 e. The van der Waals surface area contributed by atoms with E-state index in [0.717, 1.165) is 12.8 Å². The Kier molecular flexibility index (Phi) is 6.79. The normalized spacial score (nSPS) is 21.0. The van der Waals surface area contributed by atoms with Gasteiger partial charge in [-0.25, -0.2) is 0 Å². The van der Waals surface area contributed by atoms with E-state index in [1.165, 1.54) is 31.9 Å². The Morgan fingerprint density at radius 3 is 2.56 bits per heavy atom. The molecule has 1 saturated heterocycles. The maximum atomic E-state index is 12.4. The highest BCUT2D eigenvalue weighted by atomic mass is 16.2. The zero-order valence-corrected chi connectivity index (χ0v) is 15.7. The third-order valence-electron chi connectivity index (χ3n) is 5.43. The predicted octanol–water partition coefficient (Wildman–Crippen LogP) is 1.50. The maximum absolute atomic E-state index is 12.4. The zero-order valence-electron chi connectivity index (χ0n) is 15.7. The molecule has 0 bridgehead atoms. The largest absolute Gasteiger partial charge is 0.354 e. The van der Waals surface area contributed by atoms with Crippen LogP contribution < -0.4 is 10.6 Å². The van der Waals surface area contributed by atoms with E-state index in [4.69, 9.17) is 0 Å². The average Bonchev–Trinajstić information content (AvgIpc) is 2.90. The molecule has 0 aromatic carbocycles. The topological polar surface area (TPSA) is 91.4 Å². The summed E-state index contributed by atoms with van der Waals surface area (Å²) >= 11 is 0. The van der Waals surface area contributed by atoms with Gasteiger partial charge in [0.1, 0.15) is 0 Å². The summed E-state index contributed by atoms with van der Waals surface area (Å²) in [5.74, 6) is -0.496. The number of hydrogen-bond donors (Lipinski definition) is 2. The number of rotatable bonds is 6. The number of hydrogen-bond acceptors (Lipinski definition) is 4. The minimum absolute atomic E-state index is 0.102. The average molecular weight is 372 g/mol. The second kappa shape index (κ2) is 9.48. The third kappa shape index (κ3) is 5.28. The van der Waals surface area contributed by atoms with Gasteiger partial charge >= 0.3 is 0 Å². The number of amides is 3. The SMILES string of the molecule is O=C(NCCNC(=O)C1CC(=O)N(C2CCCCCC2)C1)c1cccnc1. The lowest BCUT2D eigenvalue weighted by atomic mass is 10.1. The van der Waals surface area contributed by atoms with Gasteiger partial charge in [-0.05, 0) is 25.0 Å². The van der Waals surface area contributed by atoms with E-state index in [-0.39, 0.29) is 23.6 Å². The summed E-state index contributed by atoms with van der Waals surface area (Å²) < 4.78 is 0. The molecule has 2 aliphatic rings. The summed E-state index contributed by atoms with van der Waals surface area (Å²) in [5.41, 5.74) is 0.490. The van der Waals surface area contributed by atoms with E-state index in [9.17, 15) is 14.4 Å². The smallest absolute Gasteiger partial charge is 0.252 e. The van der Waals surface area contributed by atoms with E-state index in [2.05, 4.69) is 15.6 Å². The Balaban J connectivity index is 1.39. The minimum Gasteiger partial charge on any atom is -0.354 e. The number of nitrogens with zero attached hydrogens (tertiary/aromatic N) is 2. The van der Waals surface area contributed by atoms with Crippen molar-refractivity contribution in [1.29, 1.82) is 0 Å². The number of aromatic nitrogens is 1. The summed E-state index contributed by atoms with van der Waals surface area (Å²) in [7, 11) is 0. The van der Waals surface area contributed by atoms with Gasteiger partial charge in [0.2, 0.25) is 11.8 Å². The Morgan fingerprint density at radius 2 is 1.85 bits per heavy atom. The van der Waals surface area contributed by atoms with Crippen molar-refractivity contribution in [2.75, 3.05) is 19.6 Å². The molecule has 2 N–H and O–H groups in total. The molecule has 2 fully saturated rings. The summed E-state index contributed by atoms with van der Waals surface area (Å²) in [4.78, 5) is 42.5. The summed E-state index contributed by atoms with van der Waals surface area (Å²) in [5, 5.41) is 5.59. The molecule has 2 heterocycles. The molecule has 7 heteroatoms. The van der Waals surface area contributed by atoms with E-state index >= 15 is 0 Å². The number of carbonyl (C=O) groups excluding carboxylic acids is 3. The van der Waals surface area contributed by atoms with Gasteiger partial charge in [0.05, 0.1) is 11.5 Å². The Hall–Kier alpha value is -2.44. The molecule has 27 heavy (non-hydrogen) atoms. The van der Waals surface area contributed by atoms with Crippen molar-refractivity contribution in [2.45, 2.75) is 51.0 Å². The van der Waals surface area contributed by atoms with Gasteiger partial charge in [-0.15, -0.1) is 0 Å². The van der Waals surface area contributed by atoms with E-state index in [0.29, 0.717) is 37.7 Å². The van der Waals surface area contributed by atoms with E-state index < -0.39 is 0 Å². The monoisotopic (exact) mass is 372 g/mol. The van der Waals surface area contributed by atoms with Crippen molar-refractivity contribution in [3.05, 3.63) is 30.1 Å². The van der Waals surface area contributed by atoms with Crippen LogP contribution in [0.25, 0.3) is 0 Å². The fourth-order valence-corrected chi connectivity index (χ4v) is 3.93. The Labute approximate surface area is 159 Å². The van der Waals surface area contributed by atoms with Crippen LogP contribution in [0.4, 0.5) is 0 Å². The van der Waals surface area contributed by atoms with Crippen molar-refractivity contribution in [2.24, 2.45) is 5.92 Å². The zero-order chi connectivity index (χ0) is 19.1. The number of nitrogens with one attached hydrogen (secondary N) is 2. The van der Waals surface area contributed by atoms with Gasteiger partial charge in [0, 0.05) is 44.5 Å². The summed E-state index contributed by atoms with van der Waals surface area (Å²) in [6.07, 6.45) is 10.3. The van der Waals surface area contributed by atoms with Crippen molar-refractivity contribution in [3.63, 3.8) is 0 Å². The predicted molar refractivity (Wildman–Crippen MR) is 101 cm³/mol. The fourth-order valence-electron chi connectivity index (χ4n) is 3.93. The van der Waals surface area contributed by atoms with Crippen LogP contribution in [-0.2, 0) is 9.59 Å². The first kappa shape index (κ1) is 19.3. The molecule has 1 aromatic rings. The first-order valence-corrected chi connectivity index (χ1v) is 9.90. The van der Waals surface area contributed by atoms with Gasteiger partial charge < -0.3 is 15.5 Å². The molecule has 3 amide bonds. The van der Waals surface area contributed by atoms with Crippen LogP contribution in [0.3, 0.4) is 0 Å². The molecule has 1 aliphatic carbocycles. The second-order valence-corrected chi connectivity index (χ2v) is 7.38. The first-order chi connectivity index (χ1) is 13.1.